The molecule has 0 radical (unpaired) electrons. The molecule has 21 heavy (non-hydrogen) atoms. The van der Waals surface area contributed by atoms with Crippen molar-refractivity contribution in [1.82, 2.24) is 5.32 Å². The molecule has 0 atom stereocenters. The van der Waals surface area contributed by atoms with Gasteiger partial charge in [-0.1, -0.05) is 11.6 Å². The van der Waals surface area contributed by atoms with Crippen molar-refractivity contribution in [2.45, 2.75) is 13.8 Å². The van der Waals surface area contributed by atoms with Gasteiger partial charge in [0.1, 0.15) is 0 Å². The largest absolute Gasteiger partial charge is 0.397 e. The third kappa shape index (κ3) is 3.82. The van der Waals surface area contributed by atoms with E-state index in [0.29, 0.717) is 0 Å². The first-order valence-corrected chi connectivity index (χ1v) is 6.25. The van der Waals surface area contributed by atoms with Crippen LogP contribution in [0.25, 0.3) is 0 Å². The lowest BCUT2D eigenvalue weighted by Crippen LogP contribution is -2.42. The highest BCUT2D eigenvalue weighted by Crippen LogP contribution is 2.28. The van der Waals surface area contributed by atoms with E-state index in [1.165, 1.54) is 0 Å². The van der Waals surface area contributed by atoms with Crippen molar-refractivity contribution in [3.8, 4) is 0 Å². The Morgan fingerprint density at radius 3 is 2.48 bits per heavy atom. The molecule has 8 nitrogen and oxygen atoms in total. The van der Waals surface area contributed by atoms with Gasteiger partial charge in [-0.25, -0.2) is 0 Å². The van der Waals surface area contributed by atoms with Crippen molar-refractivity contribution in [2.75, 3.05) is 12.3 Å². The third-order valence-corrected chi connectivity index (χ3v) is 3.24. The van der Waals surface area contributed by atoms with Crippen LogP contribution < -0.4 is 16.8 Å². The van der Waals surface area contributed by atoms with Crippen molar-refractivity contribution >= 4 is 34.8 Å². The minimum atomic E-state index is -0.963. The second-order valence-corrected chi connectivity index (χ2v) is 5.48. The van der Waals surface area contributed by atoms with Crippen LogP contribution in [-0.4, -0.2) is 23.3 Å². The van der Waals surface area contributed by atoms with Crippen LogP contribution in [0.1, 0.15) is 24.2 Å². The van der Waals surface area contributed by atoms with E-state index in [2.05, 4.69) is 5.32 Å². The van der Waals surface area contributed by atoms with Gasteiger partial charge in [-0.3, -0.25) is 19.7 Å². The molecule has 5 N–H and O–H groups in total. The summed E-state index contributed by atoms with van der Waals surface area (Å²) >= 11 is 5.76. The Morgan fingerprint density at radius 2 is 2.00 bits per heavy atom. The first-order valence-electron chi connectivity index (χ1n) is 5.88. The molecule has 0 aliphatic heterocycles. The van der Waals surface area contributed by atoms with Crippen molar-refractivity contribution in [3.05, 3.63) is 32.8 Å². The quantitative estimate of drug-likeness (QED) is 0.423. The number of nitrogens with one attached hydrogen (secondary N) is 1. The first-order chi connectivity index (χ1) is 9.56. The first kappa shape index (κ1) is 16.7. The normalized spacial score (nSPS) is 11.0. The van der Waals surface area contributed by atoms with Crippen LogP contribution in [-0.2, 0) is 4.79 Å². The second kappa shape index (κ2) is 5.96. The van der Waals surface area contributed by atoms with Crippen LogP contribution in [0.3, 0.4) is 0 Å². The van der Waals surface area contributed by atoms with E-state index in [1.807, 2.05) is 0 Å². The van der Waals surface area contributed by atoms with Gasteiger partial charge >= 0.3 is 0 Å². The van der Waals surface area contributed by atoms with Crippen molar-refractivity contribution in [2.24, 2.45) is 11.1 Å². The summed E-state index contributed by atoms with van der Waals surface area (Å²) < 4.78 is 0. The Bertz CT molecular complexity index is 616. The number of amides is 2. The molecular weight excluding hydrogens is 300 g/mol. The molecular formula is C12H15ClN4O4. The lowest BCUT2D eigenvalue weighted by Gasteiger charge is -2.21. The van der Waals surface area contributed by atoms with Crippen LogP contribution in [0.5, 0.6) is 0 Å². The molecule has 0 fully saturated rings. The lowest BCUT2D eigenvalue weighted by molar-refractivity contribution is -0.384. The Balaban J connectivity index is 3.03. The van der Waals surface area contributed by atoms with Gasteiger partial charge in [-0.05, 0) is 13.8 Å². The molecule has 9 heteroatoms. The highest BCUT2D eigenvalue weighted by atomic mass is 35.5. The molecule has 0 saturated heterocycles. The number of primary amides is 1. The lowest BCUT2D eigenvalue weighted by atomic mass is 9.92. The number of hydrogen-bond donors (Lipinski definition) is 3. The molecule has 0 saturated carbocycles. The number of nitrogens with two attached hydrogens (primary N) is 2. The van der Waals surface area contributed by atoms with Crippen molar-refractivity contribution < 1.29 is 14.5 Å². The minimum Gasteiger partial charge on any atom is -0.397 e. The zero-order chi connectivity index (χ0) is 16.4. The van der Waals surface area contributed by atoms with Gasteiger partial charge < -0.3 is 16.8 Å². The van der Waals surface area contributed by atoms with Gasteiger partial charge in [0.15, 0.2) is 0 Å². The number of benzene rings is 1. The second-order valence-electron chi connectivity index (χ2n) is 5.08. The van der Waals surface area contributed by atoms with E-state index in [0.717, 1.165) is 12.1 Å². The van der Waals surface area contributed by atoms with E-state index in [9.17, 15) is 19.7 Å². The fourth-order valence-electron chi connectivity index (χ4n) is 1.38. The molecule has 0 bridgehead atoms. The Morgan fingerprint density at radius 1 is 1.43 bits per heavy atom. The topological polar surface area (TPSA) is 141 Å². The smallest absolute Gasteiger partial charge is 0.271 e. The predicted octanol–water partition coefficient (Wildman–Crippen LogP) is 1.07. The van der Waals surface area contributed by atoms with Gasteiger partial charge in [0, 0.05) is 18.7 Å². The van der Waals surface area contributed by atoms with Crippen LogP contribution in [0.15, 0.2) is 12.1 Å². The minimum absolute atomic E-state index is 0.0408. The van der Waals surface area contributed by atoms with Crippen LogP contribution in [0.4, 0.5) is 11.4 Å². The summed E-state index contributed by atoms with van der Waals surface area (Å²) in [4.78, 5) is 33.3. The summed E-state index contributed by atoms with van der Waals surface area (Å²) in [7, 11) is 0. The zero-order valence-electron chi connectivity index (χ0n) is 11.5. The maximum absolute atomic E-state index is 12.0. The number of nitro benzene ring substituents is 1. The standard InChI is InChI=1S/C12H15ClN4O4/c1-12(2,11(15)19)5-16-10(18)7-3-6(17(20)21)4-8(13)9(7)14/h3-4H,5,14H2,1-2H3,(H2,15,19)(H,16,18). The van der Waals surface area contributed by atoms with E-state index < -0.39 is 22.2 Å². The Hall–Kier alpha value is -2.35. The molecule has 0 heterocycles. The summed E-state index contributed by atoms with van der Waals surface area (Å²) in [5, 5.41) is 13.1. The third-order valence-electron chi connectivity index (χ3n) is 2.93. The van der Waals surface area contributed by atoms with E-state index in [4.69, 9.17) is 23.1 Å². The SMILES string of the molecule is CC(C)(CNC(=O)c1cc([N+](=O)[O-])cc(Cl)c1N)C(N)=O. The molecule has 0 unspecified atom stereocenters. The fraction of sp³-hybridized carbons (Fsp3) is 0.333. The Labute approximate surface area is 125 Å². The van der Waals surface area contributed by atoms with Crippen molar-refractivity contribution in [3.63, 3.8) is 0 Å². The summed E-state index contributed by atoms with van der Waals surface area (Å²) in [5.74, 6) is -1.26. The maximum atomic E-state index is 12.0. The van der Waals surface area contributed by atoms with Crippen LogP contribution in [0, 0.1) is 15.5 Å². The number of carbonyl (C=O) groups is 2. The number of rotatable bonds is 5. The van der Waals surface area contributed by atoms with Gasteiger partial charge in [0.05, 0.1) is 26.6 Å². The van der Waals surface area contributed by atoms with Crippen LogP contribution >= 0.6 is 11.6 Å². The molecule has 0 spiro atoms. The molecule has 0 aliphatic rings. The molecule has 114 valence electrons. The van der Waals surface area contributed by atoms with E-state index in [-0.39, 0.29) is 28.5 Å². The van der Waals surface area contributed by atoms with Crippen LogP contribution in [0.2, 0.25) is 5.02 Å². The number of nitrogen functional groups attached to an aromatic ring is 1. The number of nitrogens with zero attached hydrogens (tertiary/aromatic N) is 1. The van der Waals surface area contributed by atoms with Gasteiger partial charge in [0.25, 0.3) is 11.6 Å². The zero-order valence-corrected chi connectivity index (χ0v) is 12.2. The summed E-state index contributed by atoms with van der Waals surface area (Å²) in [6.45, 7) is 3.07. The van der Waals surface area contributed by atoms with E-state index >= 15 is 0 Å². The molecule has 1 rings (SSSR count). The number of hydrogen-bond acceptors (Lipinski definition) is 5. The number of halogens is 1. The molecule has 1 aromatic carbocycles. The van der Waals surface area contributed by atoms with Crippen molar-refractivity contribution in [1.29, 1.82) is 0 Å². The average Bonchev–Trinajstić information content (AvgIpc) is 2.38. The van der Waals surface area contributed by atoms with Gasteiger partial charge in [0.2, 0.25) is 5.91 Å². The monoisotopic (exact) mass is 314 g/mol. The number of carbonyl (C=O) groups excluding carboxylic acids is 2. The molecule has 2 amide bonds. The summed E-state index contributed by atoms with van der Waals surface area (Å²) in [5.41, 5.74) is 9.31. The number of non-ortho nitro benzene ring substituents is 1. The van der Waals surface area contributed by atoms with Gasteiger partial charge in [-0.2, -0.15) is 0 Å². The molecule has 0 aromatic heterocycles. The molecule has 1 aromatic rings. The maximum Gasteiger partial charge on any atom is 0.271 e. The summed E-state index contributed by atoms with van der Waals surface area (Å²) in [6.07, 6.45) is 0. The Kier molecular flexibility index (Phi) is 4.74. The average molecular weight is 315 g/mol. The summed E-state index contributed by atoms with van der Waals surface area (Å²) in [6, 6.07) is 2.08. The fourth-order valence-corrected chi connectivity index (χ4v) is 1.59. The van der Waals surface area contributed by atoms with Gasteiger partial charge in [-0.15, -0.1) is 0 Å². The highest BCUT2D eigenvalue weighted by molar-refractivity contribution is 6.34. The molecule has 0 aliphatic carbocycles. The van der Waals surface area contributed by atoms with E-state index in [1.54, 1.807) is 13.8 Å². The predicted molar refractivity (Wildman–Crippen MR) is 77.8 cm³/mol. The number of anilines is 1. The number of nitro groups is 1. The highest BCUT2D eigenvalue weighted by Gasteiger charge is 2.26.